The molecule has 0 saturated heterocycles. The van der Waals surface area contributed by atoms with Crippen LogP contribution in [0.4, 0.5) is 5.69 Å². The molecule has 0 spiro atoms. The van der Waals surface area contributed by atoms with E-state index in [9.17, 15) is 0 Å². The van der Waals surface area contributed by atoms with Gasteiger partial charge in [-0.3, -0.25) is 5.43 Å². The lowest BCUT2D eigenvalue weighted by atomic mass is 10.1. The van der Waals surface area contributed by atoms with Crippen LogP contribution in [0.2, 0.25) is 0 Å². The van der Waals surface area contributed by atoms with E-state index in [1.807, 2.05) is 36.5 Å². The molecule has 2 aromatic rings. The van der Waals surface area contributed by atoms with Crippen LogP contribution in [-0.2, 0) is 0 Å². The molecule has 1 N–H and O–H groups in total. The molecule has 3 nitrogen and oxygen atoms in total. The Hall–Kier alpha value is -2.13. The molecule has 3 heteroatoms. The molecule has 0 bridgehead atoms. The largest absolute Gasteiger partial charge is 0.303 e. The number of rotatable bonds is 5. The molecule has 0 aliphatic rings. The van der Waals surface area contributed by atoms with Crippen molar-refractivity contribution in [1.82, 2.24) is 4.90 Å². The first kappa shape index (κ1) is 14.3. The summed E-state index contributed by atoms with van der Waals surface area (Å²) in [6.07, 6.45) is 1.85. The summed E-state index contributed by atoms with van der Waals surface area (Å²) < 4.78 is 0. The summed E-state index contributed by atoms with van der Waals surface area (Å²) in [7, 11) is 4.17. The van der Waals surface area contributed by atoms with E-state index in [4.69, 9.17) is 0 Å². The quantitative estimate of drug-likeness (QED) is 0.660. The highest BCUT2D eigenvalue weighted by Crippen LogP contribution is 2.17. The van der Waals surface area contributed by atoms with E-state index in [1.54, 1.807) is 0 Å². The fourth-order valence-corrected chi connectivity index (χ4v) is 1.89. The standard InChI is InChI=1S/C17H21N3/c1-14(20(2)3)16-9-7-8-15(12-16)13-18-19-17-10-5-4-6-11-17/h4-14,19H,1-3H3. The molecule has 2 rings (SSSR count). The minimum absolute atomic E-state index is 0.394. The number of para-hydroxylation sites is 1. The maximum atomic E-state index is 4.27. The van der Waals surface area contributed by atoms with Crippen LogP contribution in [0.3, 0.4) is 0 Å². The summed E-state index contributed by atoms with van der Waals surface area (Å²) in [5.41, 5.74) is 6.40. The predicted molar refractivity (Wildman–Crippen MR) is 86.2 cm³/mol. The molecule has 20 heavy (non-hydrogen) atoms. The monoisotopic (exact) mass is 267 g/mol. The highest BCUT2D eigenvalue weighted by Gasteiger charge is 2.07. The number of hydrogen-bond acceptors (Lipinski definition) is 3. The highest BCUT2D eigenvalue weighted by atomic mass is 15.3. The van der Waals surface area contributed by atoms with Crippen LogP contribution in [0.5, 0.6) is 0 Å². The van der Waals surface area contributed by atoms with Gasteiger partial charge in [0.05, 0.1) is 11.9 Å². The van der Waals surface area contributed by atoms with Gasteiger partial charge in [0.2, 0.25) is 0 Å². The molecule has 0 radical (unpaired) electrons. The van der Waals surface area contributed by atoms with Gasteiger partial charge in [0.25, 0.3) is 0 Å². The number of anilines is 1. The van der Waals surface area contributed by atoms with E-state index in [2.05, 4.69) is 60.7 Å². The topological polar surface area (TPSA) is 27.6 Å². The van der Waals surface area contributed by atoms with Crippen LogP contribution < -0.4 is 5.43 Å². The third-order valence-electron chi connectivity index (χ3n) is 3.35. The smallest absolute Gasteiger partial charge is 0.0561 e. The Kier molecular flexibility index (Phi) is 4.91. The third-order valence-corrected chi connectivity index (χ3v) is 3.35. The van der Waals surface area contributed by atoms with Gasteiger partial charge in [-0.25, -0.2) is 0 Å². The van der Waals surface area contributed by atoms with Crippen molar-refractivity contribution in [2.24, 2.45) is 5.10 Å². The van der Waals surface area contributed by atoms with Gasteiger partial charge in [0.15, 0.2) is 0 Å². The average Bonchev–Trinajstić information content (AvgIpc) is 2.48. The van der Waals surface area contributed by atoms with Gasteiger partial charge in [-0.1, -0.05) is 36.4 Å². The second-order valence-electron chi connectivity index (χ2n) is 5.05. The fraction of sp³-hybridized carbons (Fsp3) is 0.235. The van der Waals surface area contributed by atoms with Crippen LogP contribution in [-0.4, -0.2) is 25.2 Å². The van der Waals surface area contributed by atoms with Crippen LogP contribution in [0.25, 0.3) is 0 Å². The maximum Gasteiger partial charge on any atom is 0.0561 e. The van der Waals surface area contributed by atoms with Crippen LogP contribution in [0, 0.1) is 0 Å². The molecular weight excluding hydrogens is 246 g/mol. The SMILES string of the molecule is CC(c1cccc(C=NNc2ccccc2)c1)N(C)C. The normalized spacial score (nSPS) is 12.8. The van der Waals surface area contributed by atoms with Crippen molar-refractivity contribution in [2.45, 2.75) is 13.0 Å². The number of hydrazone groups is 1. The van der Waals surface area contributed by atoms with Gasteiger partial charge in [0.1, 0.15) is 0 Å². The molecule has 0 aromatic heterocycles. The number of benzene rings is 2. The van der Waals surface area contributed by atoms with Gasteiger partial charge >= 0.3 is 0 Å². The van der Waals surface area contributed by atoms with Gasteiger partial charge in [-0.2, -0.15) is 5.10 Å². The zero-order chi connectivity index (χ0) is 14.4. The van der Waals surface area contributed by atoms with E-state index in [-0.39, 0.29) is 0 Å². The van der Waals surface area contributed by atoms with Crippen LogP contribution in [0.1, 0.15) is 24.1 Å². The van der Waals surface area contributed by atoms with Crippen molar-refractivity contribution >= 4 is 11.9 Å². The lowest BCUT2D eigenvalue weighted by Gasteiger charge is -2.20. The Morgan fingerprint density at radius 2 is 1.80 bits per heavy atom. The molecule has 0 fully saturated rings. The fourth-order valence-electron chi connectivity index (χ4n) is 1.89. The van der Waals surface area contributed by atoms with E-state index in [1.165, 1.54) is 5.56 Å². The first-order valence-corrected chi connectivity index (χ1v) is 6.77. The van der Waals surface area contributed by atoms with Crippen LogP contribution >= 0.6 is 0 Å². The number of nitrogens with one attached hydrogen (secondary N) is 1. The van der Waals surface area contributed by atoms with E-state index in [0.717, 1.165) is 11.3 Å². The molecule has 0 heterocycles. The Labute approximate surface area is 120 Å². The first-order valence-electron chi connectivity index (χ1n) is 6.77. The Balaban J connectivity index is 2.04. The second kappa shape index (κ2) is 6.87. The predicted octanol–water partition coefficient (Wildman–Crippen LogP) is 3.76. The summed E-state index contributed by atoms with van der Waals surface area (Å²) in [5.74, 6) is 0. The van der Waals surface area contributed by atoms with Gasteiger partial charge in [0, 0.05) is 6.04 Å². The lowest BCUT2D eigenvalue weighted by molar-refractivity contribution is 0.321. The van der Waals surface area contributed by atoms with Crippen molar-refractivity contribution in [1.29, 1.82) is 0 Å². The molecule has 0 aliphatic heterocycles. The van der Waals surface area contributed by atoms with Crippen molar-refractivity contribution < 1.29 is 0 Å². The molecule has 0 amide bonds. The second-order valence-corrected chi connectivity index (χ2v) is 5.05. The zero-order valence-corrected chi connectivity index (χ0v) is 12.2. The summed E-state index contributed by atoms with van der Waals surface area (Å²) in [4.78, 5) is 2.19. The molecule has 0 saturated carbocycles. The zero-order valence-electron chi connectivity index (χ0n) is 12.2. The van der Waals surface area contributed by atoms with E-state index in [0.29, 0.717) is 6.04 Å². The highest BCUT2D eigenvalue weighted by molar-refractivity contribution is 5.80. The molecule has 2 aromatic carbocycles. The van der Waals surface area contributed by atoms with Crippen molar-refractivity contribution in [3.63, 3.8) is 0 Å². The summed E-state index contributed by atoms with van der Waals surface area (Å²) in [6.45, 7) is 2.19. The lowest BCUT2D eigenvalue weighted by Crippen LogP contribution is -2.16. The molecule has 1 atom stereocenters. The van der Waals surface area contributed by atoms with Gasteiger partial charge < -0.3 is 4.90 Å². The Morgan fingerprint density at radius 3 is 2.50 bits per heavy atom. The summed E-state index contributed by atoms with van der Waals surface area (Å²) in [5, 5.41) is 4.27. The average molecular weight is 267 g/mol. The number of nitrogens with zero attached hydrogens (tertiary/aromatic N) is 2. The first-order chi connectivity index (χ1) is 9.66. The maximum absolute atomic E-state index is 4.27. The Bertz CT molecular complexity index is 561. The summed E-state index contributed by atoms with van der Waals surface area (Å²) >= 11 is 0. The van der Waals surface area contributed by atoms with Gasteiger partial charge in [-0.15, -0.1) is 0 Å². The van der Waals surface area contributed by atoms with Gasteiger partial charge in [-0.05, 0) is 50.3 Å². The van der Waals surface area contributed by atoms with Crippen molar-refractivity contribution in [3.05, 3.63) is 65.7 Å². The minimum atomic E-state index is 0.394. The van der Waals surface area contributed by atoms with Crippen molar-refractivity contribution in [3.8, 4) is 0 Å². The number of hydrogen-bond donors (Lipinski definition) is 1. The van der Waals surface area contributed by atoms with E-state index < -0.39 is 0 Å². The molecule has 104 valence electrons. The third kappa shape index (κ3) is 3.93. The molecule has 0 aliphatic carbocycles. The molecule has 1 unspecified atom stereocenters. The van der Waals surface area contributed by atoms with Crippen molar-refractivity contribution in [2.75, 3.05) is 19.5 Å². The summed E-state index contributed by atoms with van der Waals surface area (Å²) in [6, 6.07) is 18.8. The van der Waals surface area contributed by atoms with Crippen LogP contribution in [0.15, 0.2) is 59.7 Å². The molecular formula is C17H21N3. The minimum Gasteiger partial charge on any atom is -0.303 e. The van der Waals surface area contributed by atoms with E-state index >= 15 is 0 Å². The Morgan fingerprint density at radius 1 is 1.05 bits per heavy atom.